The van der Waals surface area contributed by atoms with Gasteiger partial charge < -0.3 is 5.73 Å². The number of azo groups is 1. The van der Waals surface area contributed by atoms with Crippen molar-refractivity contribution in [1.82, 2.24) is 0 Å². The molecule has 2 aromatic carbocycles. The van der Waals surface area contributed by atoms with Gasteiger partial charge in [0.05, 0.1) is 11.4 Å². The van der Waals surface area contributed by atoms with E-state index in [1.54, 1.807) is 0 Å². The predicted molar refractivity (Wildman–Crippen MR) is 98.6 cm³/mol. The fourth-order valence-corrected chi connectivity index (χ4v) is 2.65. The standard InChI is InChI=1S/C20H27N3/c1-14(2)10-16-12-19(13-17(20(16)21)11-15(3)4)23-22-18-8-6-5-7-9-18/h5-9,12-15H,10-11,21H2,1-4H3. The molecule has 0 unspecified atom stereocenters. The third kappa shape index (κ3) is 5.20. The Labute approximate surface area is 139 Å². The van der Waals surface area contributed by atoms with Crippen LogP contribution in [0.2, 0.25) is 0 Å². The first kappa shape index (κ1) is 17.2. The number of rotatable bonds is 6. The van der Waals surface area contributed by atoms with E-state index in [1.807, 2.05) is 30.3 Å². The van der Waals surface area contributed by atoms with Crippen LogP contribution in [0.4, 0.5) is 17.1 Å². The zero-order valence-electron chi connectivity index (χ0n) is 14.6. The molecular formula is C20H27N3. The van der Waals surface area contributed by atoms with Crippen molar-refractivity contribution in [2.24, 2.45) is 22.1 Å². The van der Waals surface area contributed by atoms with Crippen LogP contribution in [0.15, 0.2) is 52.7 Å². The maximum Gasteiger partial charge on any atom is 0.0864 e. The number of hydrogen-bond acceptors (Lipinski definition) is 3. The zero-order chi connectivity index (χ0) is 16.8. The third-order valence-electron chi connectivity index (χ3n) is 3.63. The smallest absolute Gasteiger partial charge is 0.0864 e. The Morgan fingerprint density at radius 2 is 1.26 bits per heavy atom. The van der Waals surface area contributed by atoms with Crippen molar-refractivity contribution in [2.45, 2.75) is 40.5 Å². The summed E-state index contributed by atoms with van der Waals surface area (Å²) in [7, 11) is 0. The second-order valence-electron chi connectivity index (χ2n) is 6.91. The molecule has 0 aliphatic rings. The van der Waals surface area contributed by atoms with E-state index in [4.69, 9.17) is 5.73 Å². The van der Waals surface area contributed by atoms with Gasteiger partial charge in [-0.2, -0.15) is 10.2 Å². The average Bonchev–Trinajstić information content (AvgIpc) is 2.49. The molecule has 0 radical (unpaired) electrons. The molecule has 2 rings (SSSR count). The second-order valence-corrected chi connectivity index (χ2v) is 6.91. The van der Waals surface area contributed by atoms with Crippen molar-refractivity contribution in [2.75, 3.05) is 5.73 Å². The van der Waals surface area contributed by atoms with Crippen LogP contribution in [0, 0.1) is 11.8 Å². The molecule has 0 spiro atoms. The van der Waals surface area contributed by atoms with Crippen molar-refractivity contribution in [1.29, 1.82) is 0 Å². The SMILES string of the molecule is CC(C)Cc1cc(N=Nc2ccccc2)cc(CC(C)C)c1N. The number of hydrogen-bond donors (Lipinski definition) is 1. The molecule has 0 saturated carbocycles. The summed E-state index contributed by atoms with van der Waals surface area (Å²) >= 11 is 0. The molecule has 2 N–H and O–H groups in total. The summed E-state index contributed by atoms with van der Waals surface area (Å²) in [5.41, 5.74) is 11.4. The molecule has 0 heterocycles. The Kier molecular flexibility index (Phi) is 5.91. The molecule has 2 aromatic rings. The summed E-state index contributed by atoms with van der Waals surface area (Å²) in [6.07, 6.45) is 1.93. The van der Waals surface area contributed by atoms with Crippen molar-refractivity contribution in [3.05, 3.63) is 53.6 Å². The van der Waals surface area contributed by atoms with E-state index in [1.165, 1.54) is 11.1 Å². The summed E-state index contributed by atoms with van der Waals surface area (Å²) in [5.74, 6) is 1.12. The minimum atomic E-state index is 0.561. The molecule has 0 amide bonds. The first-order chi connectivity index (χ1) is 11.0. The number of nitrogen functional groups attached to an aromatic ring is 1. The first-order valence-corrected chi connectivity index (χ1v) is 8.33. The number of benzene rings is 2. The van der Waals surface area contributed by atoms with Gasteiger partial charge in [0.25, 0.3) is 0 Å². The normalized spacial score (nSPS) is 11.7. The molecule has 0 atom stereocenters. The number of anilines is 1. The highest BCUT2D eigenvalue weighted by atomic mass is 15.1. The molecule has 3 nitrogen and oxygen atoms in total. The molecule has 122 valence electrons. The van der Waals surface area contributed by atoms with Gasteiger partial charge in [0.1, 0.15) is 0 Å². The summed E-state index contributed by atoms with van der Waals surface area (Å²) < 4.78 is 0. The van der Waals surface area contributed by atoms with Crippen LogP contribution in [0.3, 0.4) is 0 Å². The van der Waals surface area contributed by atoms with Crippen LogP contribution in [0.25, 0.3) is 0 Å². The van der Waals surface area contributed by atoms with Crippen LogP contribution >= 0.6 is 0 Å². The topological polar surface area (TPSA) is 50.7 Å². The van der Waals surface area contributed by atoms with E-state index in [0.717, 1.165) is 29.9 Å². The van der Waals surface area contributed by atoms with Gasteiger partial charge in [-0.05, 0) is 60.1 Å². The maximum absolute atomic E-state index is 6.38. The van der Waals surface area contributed by atoms with Gasteiger partial charge in [0.2, 0.25) is 0 Å². The molecule has 0 saturated heterocycles. The third-order valence-corrected chi connectivity index (χ3v) is 3.63. The number of nitrogens with two attached hydrogens (primary N) is 1. The van der Waals surface area contributed by atoms with Crippen molar-refractivity contribution >= 4 is 17.1 Å². The van der Waals surface area contributed by atoms with Crippen LogP contribution in [0.5, 0.6) is 0 Å². The van der Waals surface area contributed by atoms with E-state index in [2.05, 4.69) is 50.1 Å². The fourth-order valence-electron chi connectivity index (χ4n) is 2.65. The van der Waals surface area contributed by atoms with Gasteiger partial charge in [-0.1, -0.05) is 45.9 Å². The Balaban J connectivity index is 2.36. The average molecular weight is 309 g/mol. The summed E-state index contributed by atoms with van der Waals surface area (Å²) in [5, 5.41) is 8.75. The van der Waals surface area contributed by atoms with Crippen LogP contribution < -0.4 is 5.73 Å². The maximum atomic E-state index is 6.38. The second kappa shape index (κ2) is 7.91. The molecule has 0 bridgehead atoms. The molecule has 23 heavy (non-hydrogen) atoms. The van der Waals surface area contributed by atoms with Crippen LogP contribution in [-0.2, 0) is 12.8 Å². The van der Waals surface area contributed by atoms with Gasteiger partial charge in [0.15, 0.2) is 0 Å². The Morgan fingerprint density at radius 1 is 0.783 bits per heavy atom. The van der Waals surface area contributed by atoms with E-state index >= 15 is 0 Å². The zero-order valence-corrected chi connectivity index (χ0v) is 14.6. The van der Waals surface area contributed by atoms with Gasteiger partial charge in [-0.15, -0.1) is 0 Å². The lowest BCUT2D eigenvalue weighted by atomic mass is 9.94. The lowest BCUT2D eigenvalue weighted by Crippen LogP contribution is -2.05. The predicted octanol–water partition coefficient (Wildman–Crippen LogP) is 6.08. The highest BCUT2D eigenvalue weighted by molar-refractivity contribution is 5.61. The summed E-state index contributed by atoms with van der Waals surface area (Å²) in [4.78, 5) is 0. The van der Waals surface area contributed by atoms with Gasteiger partial charge in [0, 0.05) is 5.69 Å². The van der Waals surface area contributed by atoms with E-state index < -0.39 is 0 Å². The molecule has 3 heteroatoms. The Morgan fingerprint density at radius 3 is 1.74 bits per heavy atom. The van der Waals surface area contributed by atoms with E-state index in [0.29, 0.717) is 11.8 Å². The van der Waals surface area contributed by atoms with Crippen molar-refractivity contribution in [3.63, 3.8) is 0 Å². The van der Waals surface area contributed by atoms with Crippen molar-refractivity contribution < 1.29 is 0 Å². The number of nitrogens with zero attached hydrogens (tertiary/aromatic N) is 2. The lowest BCUT2D eigenvalue weighted by molar-refractivity contribution is 0.638. The molecule has 0 fully saturated rings. The first-order valence-electron chi connectivity index (χ1n) is 8.33. The van der Waals surface area contributed by atoms with Crippen molar-refractivity contribution in [3.8, 4) is 0 Å². The van der Waals surface area contributed by atoms with Crippen LogP contribution in [0.1, 0.15) is 38.8 Å². The van der Waals surface area contributed by atoms with Gasteiger partial charge >= 0.3 is 0 Å². The summed E-state index contributed by atoms with van der Waals surface area (Å²) in [6.45, 7) is 8.83. The van der Waals surface area contributed by atoms with E-state index in [9.17, 15) is 0 Å². The van der Waals surface area contributed by atoms with Gasteiger partial charge in [-0.3, -0.25) is 0 Å². The lowest BCUT2D eigenvalue weighted by Gasteiger charge is -2.15. The molecule has 0 aromatic heterocycles. The van der Waals surface area contributed by atoms with E-state index in [-0.39, 0.29) is 0 Å². The Bertz CT molecular complexity index is 627. The van der Waals surface area contributed by atoms with Gasteiger partial charge in [-0.25, -0.2) is 0 Å². The highest BCUT2D eigenvalue weighted by Crippen LogP contribution is 2.30. The quantitative estimate of drug-likeness (QED) is 0.510. The largest absolute Gasteiger partial charge is 0.398 e. The molecule has 0 aliphatic carbocycles. The monoisotopic (exact) mass is 309 g/mol. The molecule has 0 aliphatic heterocycles. The fraction of sp³-hybridized carbons (Fsp3) is 0.400. The Hall–Kier alpha value is -2.16. The van der Waals surface area contributed by atoms with Crippen LogP contribution in [-0.4, -0.2) is 0 Å². The summed E-state index contributed by atoms with van der Waals surface area (Å²) in [6, 6.07) is 14.0. The minimum absolute atomic E-state index is 0.561. The molecular weight excluding hydrogens is 282 g/mol. The minimum Gasteiger partial charge on any atom is -0.398 e. The highest BCUT2D eigenvalue weighted by Gasteiger charge is 2.11.